The summed E-state index contributed by atoms with van der Waals surface area (Å²) >= 11 is 0. The number of carboxylic acids is 1. The van der Waals surface area contributed by atoms with Crippen molar-refractivity contribution in [2.45, 2.75) is 12.8 Å². The number of ether oxygens (including phenoxy) is 1. The fourth-order valence-electron chi connectivity index (χ4n) is 1.87. The highest BCUT2D eigenvalue weighted by atomic mass is 19.3. The lowest BCUT2D eigenvalue weighted by molar-refractivity contribution is 0.0156. The van der Waals surface area contributed by atoms with Crippen molar-refractivity contribution in [3.63, 3.8) is 0 Å². The number of hydrogen-bond donors (Lipinski definition) is 1. The molecule has 2 aromatic rings. The second-order valence-electron chi connectivity index (χ2n) is 4.15. The van der Waals surface area contributed by atoms with Gasteiger partial charge in [-0.1, -0.05) is 17.3 Å². The number of halogens is 2. The summed E-state index contributed by atoms with van der Waals surface area (Å²) in [6, 6.07) is 5.40. The van der Waals surface area contributed by atoms with Crippen molar-refractivity contribution in [2.24, 2.45) is 0 Å². The average Bonchev–Trinajstić information content (AvgIpc) is 2.86. The molecule has 0 aliphatic rings. The predicted octanol–water partition coefficient (Wildman–Crippen LogP) is 3.16. The van der Waals surface area contributed by atoms with Gasteiger partial charge >= 0.3 is 5.97 Å². The molecular formula is C13H11F2NO4. The van der Waals surface area contributed by atoms with Crippen molar-refractivity contribution < 1.29 is 27.9 Å². The molecule has 0 aliphatic carbocycles. The molecule has 0 bridgehead atoms. The molecule has 7 heteroatoms. The fraction of sp³-hybridized carbons (Fsp3) is 0.231. The Kier molecular flexibility index (Phi) is 3.44. The van der Waals surface area contributed by atoms with Crippen LogP contribution in [0.2, 0.25) is 0 Å². The van der Waals surface area contributed by atoms with Crippen molar-refractivity contribution in [2.75, 3.05) is 7.11 Å². The van der Waals surface area contributed by atoms with Gasteiger partial charge in [0.2, 0.25) is 5.76 Å². The third-order valence-electron chi connectivity index (χ3n) is 2.68. The number of hydrogen-bond acceptors (Lipinski definition) is 4. The molecule has 1 heterocycles. The smallest absolute Gasteiger partial charge is 0.374 e. The molecule has 1 aromatic carbocycles. The Labute approximate surface area is 112 Å². The van der Waals surface area contributed by atoms with Crippen molar-refractivity contribution >= 4 is 5.97 Å². The Morgan fingerprint density at radius 1 is 1.45 bits per heavy atom. The van der Waals surface area contributed by atoms with E-state index < -0.39 is 17.7 Å². The predicted molar refractivity (Wildman–Crippen MR) is 65.0 cm³/mol. The van der Waals surface area contributed by atoms with E-state index >= 15 is 0 Å². The van der Waals surface area contributed by atoms with E-state index in [0.29, 0.717) is 0 Å². The van der Waals surface area contributed by atoms with Gasteiger partial charge in [0.1, 0.15) is 11.4 Å². The van der Waals surface area contributed by atoms with E-state index in [1.165, 1.54) is 25.3 Å². The lowest BCUT2D eigenvalue weighted by Crippen LogP contribution is -2.11. The standard InChI is InChI=1S/C13H11F2NO4/c1-13(14,15)11-7(4-3-5-9(11)19-2)8-6-10(12(17)18)20-16-8/h3-6H,1-2H3,(H,17,18). The van der Waals surface area contributed by atoms with E-state index in [9.17, 15) is 13.6 Å². The number of carboxylic acid groups (broad SMARTS) is 1. The average molecular weight is 283 g/mol. The Morgan fingerprint density at radius 3 is 2.65 bits per heavy atom. The number of methoxy groups -OCH3 is 1. The van der Waals surface area contributed by atoms with E-state index in [-0.39, 0.29) is 22.6 Å². The van der Waals surface area contributed by atoms with Gasteiger partial charge in [-0.05, 0) is 6.07 Å². The molecule has 0 saturated carbocycles. The van der Waals surface area contributed by atoms with Crippen LogP contribution < -0.4 is 4.74 Å². The third-order valence-corrected chi connectivity index (χ3v) is 2.68. The van der Waals surface area contributed by atoms with Crippen LogP contribution >= 0.6 is 0 Å². The molecule has 1 N–H and O–H groups in total. The minimum Gasteiger partial charge on any atom is -0.496 e. The lowest BCUT2D eigenvalue weighted by atomic mass is 9.98. The molecule has 1 aromatic heterocycles. The number of rotatable bonds is 4. The molecule has 0 fully saturated rings. The summed E-state index contributed by atoms with van der Waals surface area (Å²) in [6.07, 6.45) is 0. The van der Waals surface area contributed by atoms with Crippen molar-refractivity contribution in [1.29, 1.82) is 0 Å². The maximum absolute atomic E-state index is 13.8. The van der Waals surface area contributed by atoms with Crippen LogP contribution in [-0.2, 0) is 5.92 Å². The van der Waals surface area contributed by atoms with Gasteiger partial charge in [-0.15, -0.1) is 0 Å². The molecule has 20 heavy (non-hydrogen) atoms. The van der Waals surface area contributed by atoms with Crippen LogP contribution in [0, 0.1) is 0 Å². The number of nitrogens with zero attached hydrogens (tertiary/aromatic N) is 1. The van der Waals surface area contributed by atoms with Crippen LogP contribution in [0.25, 0.3) is 11.3 Å². The Balaban J connectivity index is 2.64. The molecular weight excluding hydrogens is 272 g/mol. The topological polar surface area (TPSA) is 72.6 Å². The molecule has 0 saturated heterocycles. The molecule has 0 radical (unpaired) electrons. The maximum Gasteiger partial charge on any atom is 0.374 e. The zero-order valence-corrected chi connectivity index (χ0v) is 10.7. The highest BCUT2D eigenvalue weighted by Gasteiger charge is 2.33. The first kappa shape index (κ1) is 14.0. The van der Waals surface area contributed by atoms with Crippen molar-refractivity contribution in [1.82, 2.24) is 5.16 Å². The van der Waals surface area contributed by atoms with E-state index in [1.54, 1.807) is 0 Å². The molecule has 0 unspecified atom stereocenters. The van der Waals surface area contributed by atoms with Crippen molar-refractivity contribution in [3.05, 3.63) is 35.6 Å². The SMILES string of the molecule is COc1cccc(-c2cc(C(=O)O)on2)c1C(C)(F)F. The van der Waals surface area contributed by atoms with Gasteiger partial charge in [0.25, 0.3) is 5.92 Å². The van der Waals surface area contributed by atoms with E-state index in [1.807, 2.05) is 0 Å². The summed E-state index contributed by atoms with van der Waals surface area (Å²) < 4.78 is 37.0. The van der Waals surface area contributed by atoms with Crippen molar-refractivity contribution in [3.8, 4) is 17.0 Å². The van der Waals surface area contributed by atoms with Crippen LogP contribution in [0.15, 0.2) is 28.8 Å². The molecule has 0 amide bonds. The van der Waals surface area contributed by atoms with Crippen LogP contribution in [-0.4, -0.2) is 23.3 Å². The van der Waals surface area contributed by atoms with Gasteiger partial charge in [0.15, 0.2) is 0 Å². The monoisotopic (exact) mass is 283 g/mol. The van der Waals surface area contributed by atoms with E-state index in [4.69, 9.17) is 9.84 Å². The second kappa shape index (κ2) is 4.92. The first-order valence-electron chi connectivity index (χ1n) is 5.60. The van der Waals surface area contributed by atoms with Gasteiger partial charge < -0.3 is 14.4 Å². The minimum absolute atomic E-state index is 0.00475. The molecule has 5 nitrogen and oxygen atoms in total. The third kappa shape index (κ3) is 2.47. The molecule has 106 valence electrons. The normalized spacial score (nSPS) is 11.4. The van der Waals surface area contributed by atoms with Gasteiger partial charge in [-0.2, -0.15) is 0 Å². The summed E-state index contributed by atoms with van der Waals surface area (Å²) in [5, 5.41) is 12.3. The van der Waals surface area contributed by atoms with E-state index in [2.05, 4.69) is 9.68 Å². The van der Waals surface area contributed by atoms with Gasteiger partial charge in [-0.3, -0.25) is 0 Å². The summed E-state index contributed by atoms with van der Waals surface area (Å²) in [7, 11) is 1.28. The second-order valence-corrected chi connectivity index (χ2v) is 4.15. The maximum atomic E-state index is 13.8. The Hall–Kier alpha value is -2.44. The number of aromatic carboxylic acids is 1. The minimum atomic E-state index is -3.18. The Bertz CT molecular complexity index is 646. The Morgan fingerprint density at radius 2 is 2.15 bits per heavy atom. The summed E-state index contributed by atoms with van der Waals surface area (Å²) in [5.41, 5.74) is -0.293. The number of carbonyl (C=O) groups is 1. The number of alkyl halides is 2. The summed E-state index contributed by atoms with van der Waals surface area (Å²) in [5.74, 6) is -4.93. The zero-order valence-electron chi connectivity index (χ0n) is 10.7. The first-order chi connectivity index (χ1) is 9.34. The van der Waals surface area contributed by atoms with Crippen LogP contribution in [0.4, 0.5) is 8.78 Å². The largest absolute Gasteiger partial charge is 0.496 e. The molecule has 0 atom stereocenters. The fourth-order valence-corrected chi connectivity index (χ4v) is 1.87. The zero-order chi connectivity index (χ0) is 14.9. The van der Waals surface area contributed by atoms with Gasteiger partial charge in [0, 0.05) is 18.6 Å². The van der Waals surface area contributed by atoms with E-state index in [0.717, 1.165) is 13.0 Å². The van der Waals surface area contributed by atoms with Gasteiger partial charge in [0.05, 0.1) is 12.7 Å². The lowest BCUT2D eigenvalue weighted by Gasteiger charge is -2.17. The number of benzene rings is 1. The van der Waals surface area contributed by atoms with Crippen LogP contribution in [0.1, 0.15) is 23.0 Å². The quantitative estimate of drug-likeness (QED) is 0.933. The van der Waals surface area contributed by atoms with Crippen LogP contribution in [0.3, 0.4) is 0 Å². The first-order valence-corrected chi connectivity index (χ1v) is 5.60. The van der Waals surface area contributed by atoms with Crippen LogP contribution in [0.5, 0.6) is 5.75 Å². The molecule has 2 rings (SSSR count). The summed E-state index contributed by atoms with van der Waals surface area (Å²) in [6.45, 7) is 0.729. The van der Waals surface area contributed by atoms with Gasteiger partial charge in [-0.25, -0.2) is 13.6 Å². The molecule has 0 spiro atoms. The highest BCUT2D eigenvalue weighted by molar-refractivity contribution is 5.86. The summed E-state index contributed by atoms with van der Waals surface area (Å²) in [4.78, 5) is 10.7. The number of aromatic nitrogens is 1. The molecule has 0 aliphatic heterocycles. The highest BCUT2D eigenvalue weighted by Crippen LogP contribution is 2.41.